The molecular formula is C14H18N4. The molecule has 3 heterocycles. The molecule has 94 valence electrons. The Bertz CT molecular complexity index is 479. The topological polar surface area (TPSA) is 43.2 Å². The number of nitrogens with zero attached hydrogens (tertiary/aromatic N) is 4. The normalized spacial score (nSPS) is 27.9. The molecule has 0 spiro atoms. The zero-order valence-corrected chi connectivity index (χ0v) is 10.7. The minimum absolute atomic E-state index is 0.572. The van der Waals surface area contributed by atoms with E-state index < -0.39 is 0 Å². The molecule has 4 nitrogen and oxygen atoms in total. The van der Waals surface area contributed by atoms with Gasteiger partial charge >= 0.3 is 0 Å². The molecule has 0 radical (unpaired) electrons. The highest BCUT2D eigenvalue weighted by molar-refractivity contribution is 5.55. The standard InChI is InChI=1S/C14H18N4/c1-17-7-5-13-12(10-17)4-8-18(13)14-11(9-15)3-2-6-16-14/h2-3,6,12-13H,4-5,7-8,10H2,1H3/t12-,13?/m1/s1. The molecule has 1 aromatic heterocycles. The number of piperidine rings is 1. The van der Waals surface area contributed by atoms with Crippen molar-refractivity contribution < 1.29 is 0 Å². The fourth-order valence-electron chi connectivity index (χ4n) is 3.34. The van der Waals surface area contributed by atoms with Crippen molar-refractivity contribution in [3.63, 3.8) is 0 Å². The van der Waals surface area contributed by atoms with E-state index in [2.05, 4.69) is 27.9 Å². The summed E-state index contributed by atoms with van der Waals surface area (Å²) in [5.74, 6) is 1.62. The summed E-state index contributed by atoms with van der Waals surface area (Å²) in [6.07, 6.45) is 4.19. The van der Waals surface area contributed by atoms with Crippen LogP contribution < -0.4 is 4.90 Å². The average Bonchev–Trinajstić information content (AvgIpc) is 2.81. The number of pyridine rings is 1. The van der Waals surface area contributed by atoms with Crippen LogP contribution in [-0.2, 0) is 0 Å². The number of likely N-dealkylation sites (tertiary alicyclic amines) is 1. The molecule has 2 aliphatic heterocycles. The van der Waals surface area contributed by atoms with E-state index >= 15 is 0 Å². The number of aromatic nitrogens is 1. The van der Waals surface area contributed by atoms with E-state index in [4.69, 9.17) is 0 Å². The fourth-order valence-corrected chi connectivity index (χ4v) is 3.34. The van der Waals surface area contributed by atoms with Gasteiger partial charge in [0.2, 0.25) is 0 Å². The highest BCUT2D eigenvalue weighted by Gasteiger charge is 2.38. The molecule has 0 aliphatic carbocycles. The van der Waals surface area contributed by atoms with Crippen LogP contribution in [0.1, 0.15) is 18.4 Å². The van der Waals surface area contributed by atoms with Gasteiger partial charge in [0.25, 0.3) is 0 Å². The summed E-state index contributed by atoms with van der Waals surface area (Å²) in [5, 5.41) is 9.19. The molecule has 3 rings (SSSR count). The van der Waals surface area contributed by atoms with Gasteiger partial charge in [-0.3, -0.25) is 0 Å². The van der Waals surface area contributed by atoms with Gasteiger partial charge in [-0.2, -0.15) is 5.26 Å². The molecule has 0 aromatic carbocycles. The molecule has 0 N–H and O–H groups in total. The number of fused-ring (bicyclic) bond motifs is 1. The van der Waals surface area contributed by atoms with Gasteiger partial charge in [0, 0.05) is 25.3 Å². The minimum atomic E-state index is 0.572. The predicted molar refractivity (Wildman–Crippen MR) is 70.3 cm³/mol. The first-order valence-electron chi connectivity index (χ1n) is 6.60. The van der Waals surface area contributed by atoms with Gasteiger partial charge < -0.3 is 9.80 Å². The number of hydrogen-bond donors (Lipinski definition) is 0. The third-order valence-corrected chi connectivity index (χ3v) is 4.22. The molecule has 1 aromatic rings. The van der Waals surface area contributed by atoms with Crippen LogP contribution >= 0.6 is 0 Å². The van der Waals surface area contributed by atoms with Gasteiger partial charge in [-0.25, -0.2) is 4.98 Å². The Morgan fingerprint density at radius 2 is 2.28 bits per heavy atom. The maximum atomic E-state index is 9.19. The van der Waals surface area contributed by atoms with Gasteiger partial charge in [0.15, 0.2) is 0 Å². The molecule has 2 saturated heterocycles. The molecule has 2 fully saturated rings. The Labute approximate surface area is 108 Å². The van der Waals surface area contributed by atoms with Gasteiger partial charge in [-0.1, -0.05) is 0 Å². The van der Waals surface area contributed by atoms with Crippen molar-refractivity contribution in [1.29, 1.82) is 5.26 Å². The Kier molecular flexibility index (Phi) is 2.92. The van der Waals surface area contributed by atoms with Crippen LogP contribution in [0.25, 0.3) is 0 Å². The van der Waals surface area contributed by atoms with Crippen LogP contribution in [-0.4, -0.2) is 42.6 Å². The lowest BCUT2D eigenvalue weighted by atomic mass is 9.93. The number of nitriles is 1. The fraction of sp³-hybridized carbons (Fsp3) is 0.571. The summed E-state index contributed by atoms with van der Waals surface area (Å²) in [6, 6.07) is 6.54. The van der Waals surface area contributed by atoms with E-state index in [9.17, 15) is 5.26 Å². The number of anilines is 1. The summed E-state index contributed by atoms with van der Waals surface area (Å²) in [4.78, 5) is 9.20. The van der Waals surface area contributed by atoms with E-state index in [1.54, 1.807) is 6.20 Å². The van der Waals surface area contributed by atoms with Crippen LogP contribution in [0.3, 0.4) is 0 Å². The summed E-state index contributed by atoms with van der Waals surface area (Å²) in [7, 11) is 2.19. The van der Waals surface area contributed by atoms with E-state index in [1.165, 1.54) is 19.4 Å². The van der Waals surface area contributed by atoms with Crippen molar-refractivity contribution in [2.75, 3.05) is 31.6 Å². The average molecular weight is 242 g/mol. The van der Waals surface area contributed by atoms with Crippen LogP contribution in [0.5, 0.6) is 0 Å². The summed E-state index contributed by atoms with van der Waals surface area (Å²) in [6.45, 7) is 3.36. The molecule has 18 heavy (non-hydrogen) atoms. The number of rotatable bonds is 1. The van der Waals surface area contributed by atoms with Gasteiger partial charge in [-0.15, -0.1) is 0 Å². The Hall–Kier alpha value is -1.60. The van der Waals surface area contributed by atoms with E-state index in [0.717, 1.165) is 24.8 Å². The molecular weight excluding hydrogens is 224 g/mol. The van der Waals surface area contributed by atoms with Gasteiger partial charge in [-0.05, 0) is 44.5 Å². The van der Waals surface area contributed by atoms with Crippen molar-refractivity contribution in [2.45, 2.75) is 18.9 Å². The van der Waals surface area contributed by atoms with Crippen LogP contribution in [0.4, 0.5) is 5.82 Å². The van der Waals surface area contributed by atoms with Crippen molar-refractivity contribution in [2.24, 2.45) is 5.92 Å². The summed E-state index contributed by atoms with van der Waals surface area (Å²) >= 11 is 0. The van der Waals surface area contributed by atoms with E-state index in [0.29, 0.717) is 11.6 Å². The predicted octanol–water partition coefficient (Wildman–Crippen LogP) is 1.48. The third-order valence-electron chi connectivity index (χ3n) is 4.22. The van der Waals surface area contributed by atoms with Crippen LogP contribution in [0.15, 0.2) is 18.3 Å². The van der Waals surface area contributed by atoms with Gasteiger partial charge in [0.1, 0.15) is 11.9 Å². The molecule has 0 saturated carbocycles. The second-order valence-corrected chi connectivity index (χ2v) is 5.35. The second-order valence-electron chi connectivity index (χ2n) is 5.35. The molecule has 0 amide bonds. The largest absolute Gasteiger partial charge is 0.352 e. The SMILES string of the molecule is CN1CCC2[C@H](CCN2c2ncccc2C#N)C1. The Morgan fingerprint density at radius 1 is 1.39 bits per heavy atom. The maximum absolute atomic E-state index is 9.19. The molecule has 2 aliphatic rings. The molecule has 2 atom stereocenters. The zero-order chi connectivity index (χ0) is 12.5. The minimum Gasteiger partial charge on any atom is -0.352 e. The molecule has 1 unspecified atom stereocenters. The zero-order valence-electron chi connectivity index (χ0n) is 10.7. The van der Waals surface area contributed by atoms with Crippen molar-refractivity contribution in [3.05, 3.63) is 23.9 Å². The summed E-state index contributed by atoms with van der Waals surface area (Å²) < 4.78 is 0. The Morgan fingerprint density at radius 3 is 3.11 bits per heavy atom. The first-order valence-corrected chi connectivity index (χ1v) is 6.60. The van der Waals surface area contributed by atoms with E-state index in [-0.39, 0.29) is 0 Å². The monoisotopic (exact) mass is 242 g/mol. The van der Waals surface area contributed by atoms with Crippen molar-refractivity contribution in [1.82, 2.24) is 9.88 Å². The molecule has 0 bridgehead atoms. The van der Waals surface area contributed by atoms with Crippen LogP contribution in [0, 0.1) is 17.2 Å². The highest BCUT2D eigenvalue weighted by Crippen LogP contribution is 2.34. The summed E-state index contributed by atoms with van der Waals surface area (Å²) in [5.41, 5.74) is 0.706. The first kappa shape index (κ1) is 11.5. The molecule has 4 heteroatoms. The Balaban J connectivity index is 1.88. The maximum Gasteiger partial charge on any atom is 0.146 e. The first-order chi connectivity index (χ1) is 8.79. The smallest absolute Gasteiger partial charge is 0.146 e. The highest BCUT2D eigenvalue weighted by atomic mass is 15.3. The lowest BCUT2D eigenvalue weighted by molar-refractivity contribution is 0.202. The quantitative estimate of drug-likeness (QED) is 0.748. The lowest BCUT2D eigenvalue weighted by Crippen LogP contribution is -2.44. The second kappa shape index (κ2) is 4.58. The number of hydrogen-bond acceptors (Lipinski definition) is 4. The lowest BCUT2D eigenvalue weighted by Gasteiger charge is -2.36. The third kappa shape index (κ3) is 1.85. The van der Waals surface area contributed by atoms with Crippen LogP contribution in [0.2, 0.25) is 0 Å². The van der Waals surface area contributed by atoms with E-state index in [1.807, 2.05) is 12.1 Å². The van der Waals surface area contributed by atoms with Gasteiger partial charge in [0.05, 0.1) is 5.56 Å². The van der Waals surface area contributed by atoms with Crippen molar-refractivity contribution >= 4 is 5.82 Å². The van der Waals surface area contributed by atoms with Crippen molar-refractivity contribution in [3.8, 4) is 6.07 Å².